The van der Waals surface area contributed by atoms with Crippen LogP contribution in [0.1, 0.15) is 16.7 Å². The number of benzene rings is 2. The van der Waals surface area contributed by atoms with Crippen LogP contribution in [0, 0.1) is 13.8 Å². The largest absolute Gasteiger partial charge is 0.316 e. The minimum Gasteiger partial charge on any atom is -0.316 e. The first kappa shape index (κ1) is 20.2. The van der Waals surface area contributed by atoms with Crippen LogP contribution in [0.25, 0.3) is 11.3 Å². The van der Waals surface area contributed by atoms with E-state index in [1.54, 1.807) is 18.3 Å². The van der Waals surface area contributed by atoms with Crippen molar-refractivity contribution >= 4 is 22.4 Å². The molecule has 3 rings (SSSR count). The number of nitrogens with zero attached hydrogens (tertiary/aromatic N) is 1. The Bertz CT molecular complexity index is 993. The molecule has 0 aliphatic heterocycles. The maximum absolute atomic E-state index is 13.2. The van der Waals surface area contributed by atoms with E-state index in [-0.39, 0.29) is 12.4 Å². The van der Waals surface area contributed by atoms with E-state index in [1.165, 1.54) is 3.97 Å². The Labute approximate surface area is 161 Å². The fraction of sp³-hybridized carbons (Fsp3) is 0.200. The molecule has 4 nitrogen and oxygen atoms in total. The zero-order valence-corrected chi connectivity index (χ0v) is 16.7. The van der Waals surface area contributed by atoms with Gasteiger partial charge in [-0.2, -0.15) is 0 Å². The lowest BCUT2D eigenvalue weighted by atomic mass is 10.1. The summed E-state index contributed by atoms with van der Waals surface area (Å²) >= 11 is 0. The second kappa shape index (κ2) is 8.08. The summed E-state index contributed by atoms with van der Waals surface area (Å²) in [7, 11) is -1.81. The maximum atomic E-state index is 13.2. The van der Waals surface area contributed by atoms with Crippen LogP contribution >= 0.6 is 12.4 Å². The third kappa shape index (κ3) is 4.01. The molecule has 0 aliphatic rings. The van der Waals surface area contributed by atoms with Gasteiger partial charge in [0, 0.05) is 12.7 Å². The van der Waals surface area contributed by atoms with Gasteiger partial charge in [0.2, 0.25) is 0 Å². The first-order valence-electron chi connectivity index (χ1n) is 8.17. The minimum absolute atomic E-state index is 0. The summed E-state index contributed by atoms with van der Waals surface area (Å²) in [6.45, 7) is 4.55. The highest BCUT2D eigenvalue weighted by Crippen LogP contribution is 2.28. The maximum Gasteiger partial charge on any atom is 0.268 e. The van der Waals surface area contributed by atoms with Crippen molar-refractivity contribution in [1.29, 1.82) is 0 Å². The van der Waals surface area contributed by atoms with Crippen LogP contribution in [0.5, 0.6) is 0 Å². The van der Waals surface area contributed by atoms with Crippen LogP contribution in [0.3, 0.4) is 0 Å². The van der Waals surface area contributed by atoms with E-state index in [0.29, 0.717) is 17.1 Å². The van der Waals surface area contributed by atoms with E-state index in [9.17, 15) is 8.42 Å². The van der Waals surface area contributed by atoms with Gasteiger partial charge < -0.3 is 5.32 Å². The lowest BCUT2D eigenvalue weighted by Crippen LogP contribution is -2.13. The quantitative estimate of drug-likeness (QED) is 0.712. The van der Waals surface area contributed by atoms with Crippen LogP contribution in [0.2, 0.25) is 0 Å². The Kier molecular flexibility index (Phi) is 6.29. The fourth-order valence-corrected chi connectivity index (χ4v) is 4.23. The van der Waals surface area contributed by atoms with Gasteiger partial charge in [-0.05, 0) is 56.3 Å². The van der Waals surface area contributed by atoms with E-state index < -0.39 is 10.0 Å². The molecule has 0 fully saturated rings. The van der Waals surface area contributed by atoms with Gasteiger partial charge in [-0.3, -0.25) is 0 Å². The molecule has 0 unspecified atom stereocenters. The molecule has 0 saturated heterocycles. The summed E-state index contributed by atoms with van der Waals surface area (Å²) < 4.78 is 27.8. The second-order valence-electron chi connectivity index (χ2n) is 6.25. The van der Waals surface area contributed by atoms with Crippen molar-refractivity contribution in [1.82, 2.24) is 9.29 Å². The average Bonchev–Trinajstić information content (AvgIpc) is 3.00. The molecule has 0 saturated carbocycles. The van der Waals surface area contributed by atoms with Crippen molar-refractivity contribution in [3.63, 3.8) is 0 Å². The van der Waals surface area contributed by atoms with Crippen molar-refractivity contribution < 1.29 is 8.42 Å². The van der Waals surface area contributed by atoms with Crippen molar-refractivity contribution in [2.75, 3.05) is 7.05 Å². The lowest BCUT2D eigenvalue weighted by Gasteiger charge is -2.11. The van der Waals surface area contributed by atoms with Crippen LogP contribution in [-0.4, -0.2) is 19.4 Å². The topological polar surface area (TPSA) is 51.1 Å². The average molecular weight is 391 g/mol. The minimum atomic E-state index is -3.66. The first-order valence-corrected chi connectivity index (χ1v) is 9.61. The Morgan fingerprint density at radius 3 is 2.27 bits per heavy atom. The molecule has 26 heavy (non-hydrogen) atoms. The van der Waals surface area contributed by atoms with Gasteiger partial charge in [0.25, 0.3) is 10.0 Å². The van der Waals surface area contributed by atoms with E-state index in [2.05, 4.69) is 5.32 Å². The fourth-order valence-electron chi connectivity index (χ4n) is 2.84. The van der Waals surface area contributed by atoms with Gasteiger partial charge in [-0.15, -0.1) is 12.4 Å². The highest BCUT2D eigenvalue weighted by molar-refractivity contribution is 7.90. The number of aromatic nitrogens is 1. The third-order valence-electron chi connectivity index (χ3n) is 4.12. The molecule has 0 amide bonds. The molecule has 6 heteroatoms. The Morgan fingerprint density at radius 2 is 1.65 bits per heavy atom. The van der Waals surface area contributed by atoms with Crippen molar-refractivity contribution in [2.24, 2.45) is 0 Å². The van der Waals surface area contributed by atoms with Crippen molar-refractivity contribution in [3.05, 3.63) is 77.5 Å². The predicted molar refractivity (Wildman–Crippen MR) is 108 cm³/mol. The molecule has 1 aromatic heterocycles. The van der Waals surface area contributed by atoms with Crippen LogP contribution in [-0.2, 0) is 16.6 Å². The molecule has 3 aromatic rings. The highest BCUT2D eigenvalue weighted by atomic mass is 35.5. The zero-order valence-electron chi connectivity index (χ0n) is 15.1. The van der Waals surface area contributed by atoms with Gasteiger partial charge >= 0.3 is 0 Å². The molecule has 0 atom stereocenters. The number of rotatable bonds is 5. The van der Waals surface area contributed by atoms with Crippen LogP contribution in [0.15, 0.2) is 65.7 Å². The zero-order chi connectivity index (χ0) is 18.0. The van der Waals surface area contributed by atoms with Crippen LogP contribution in [0.4, 0.5) is 0 Å². The first-order chi connectivity index (χ1) is 11.9. The van der Waals surface area contributed by atoms with E-state index in [0.717, 1.165) is 22.3 Å². The smallest absolute Gasteiger partial charge is 0.268 e. The molecule has 0 radical (unpaired) electrons. The van der Waals surface area contributed by atoms with Gasteiger partial charge in [0.1, 0.15) is 0 Å². The highest BCUT2D eigenvalue weighted by Gasteiger charge is 2.21. The van der Waals surface area contributed by atoms with Gasteiger partial charge in [0.15, 0.2) is 0 Å². The summed E-state index contributed by atoms with van der Waals surface area (Å²) in [5, 5.41) is 3.08. The summed E-state index contributed by atoms with van der Waals surface area (Å²) in [6, 6.07) is 16.8. The van der Waals surface area contributed by atoms with Crippen molar-refractivity contribution in [3.8, 4) is 11.3 Å². The lowest BCUT2D eigenvalue weighted by molar-refractivity contribution is 0.588. The Balaban J connectivity index is 0.00000243. The molecular formula is C20H23ClN2O2S. The second-order valence-corrected chi connectivity index (χ2v) is 8.06. The summed E-state index contributed by atoms with van der Waals surface area (Å²) in [6.07, 6.45) is 1.70. The Morgan fingerprint density at radius 1 is 0.962 bits per heavy atom. The molecule has 138 valence electrons. The molecular weight excluding hydrogens is 368 g/mol. The number of hydrogen-bond donors (Lipinski definition) is 1. The monoisotopic (exact) mass is 390 g/mol. The summed E-state index contributed by atoms with van der Waals surface area (Å²) in [4.78, 5) is 0.290. The number of aryl methyl sites for hydroxylation is 2. The summed E-state index contributed by atoms with van der Waals surface area (Å²) in [5.41, 5.74) is 4.61. The number of hydrogen-bond acceptors (Lipinski definition) is 3. The summed E-state index contributed by atoms with van der Waals surface area (Å²) in [5.74, 6) is 0. The number of halogens is 1. The molecule has 1 heterocycles. The van der Waals surface area contributed by atoms with Gasteiger partial charge in [0.05, 0.1) is 10.6 Å². The van der Waals surface area contributed by atoms with Gasteiger partial charge in [-0.25, -0.2) is 12.4 Å². The predicted octanol–water partition coefficient (Wildman–Crippen LogP) is 4.15. The molecule has 1 N–H and O–H groups in total. The van der Waals surface area contributed by atoms with E-state index in [4.69, 9.17) is 0 Å². The molecule has 0 spiro atoms. The normalized spacial score (nSPS) is 11.2. The van der Waals surface area contributed by atoms with E-state index >= 15 is 0 Å². The Hall–Kier alpha value is -2.08. The molecule has 0 bridgehead atoms. The molecule has 2 aromatic carbocycles. The number of nitrogens with one attached hydrogen (secondary N) is 1. The van der Waals surface area contributed by atoms with Crippen molar-refractivity contribution in [2.45, 2.75) is 25.3 Å². The standard InChI is InChI=1S/C20H22N2O2S.ClH/c1-15-7-9-19(10-8-15)25(23,24)22-14-17(13-21-3)12-20(22)18-6-4-5-16(2)11-18;/h4-12,14,21H,13H2,1-3H3;1H. The van der Waals surface area contributed by atoms with E-state index in [1.807, 2.05) is 63.4 Å². The van der Waals surface area contributed by atoms with Crippen LogP contribution < -0.4 is 5.32 Å². The van der Waals surface area contributed by atoms with Gasteiger partial charge in [-0.1, -0.05) is 41.5 Å². The molecule has 0 aliphatic carbocycles. The third-order valence-corrected chi connectivity index (χ3v) is 5.80. The SMILES string of the molecule is CNCc1cc(-c2cccc(C)c2)n(S(=O)(=O)c2ccc(C)cc2)c1.Cl.